The molecule has 1 amide bonds. The van der Waals surface area contributed by atoms with Gasteiger partial charge in [0.1, 0.15) is 11.3 Å². The van der Waals surface area contributed by atoms with E-state index in [0.717, 1.165) is 22.3 Å². The Morgan fingerprint density at radius 3 is 2.69 bits per heavy atom. The lowest BCUT2D eigenvalue weighted by molar-refractivity contribution is -0.116. The second-order valence-electron chi connectivity index (χ2n) is 6.44. The number of hydrogen-bond acceptors (Lipinski definition) is 4. The Kier molecular flexibility index (Phi) is 3.18. The van der Waals surface area contributed by atoms with Gasteiger partial charge < -0.3 is 9.73 Å². The quantitative estimate of drug-likeness (QED) is 0.600. The number of nitrogens with zero attached hydrogens (tertiary/aromatic N) is 3. The summed E-state index contributed by atoms with van der Waals surface area (Å²) in [6, 6.07) is 17.9. The molecule has 2 aromatic heterocycles. The number of oxazole rings is 1. The number of benzene rings is 2. The molecule has 5 rings (SSSR count). The van der Waals surface area contributed by atoms with E-state index in [2.05, 4.69) is 15.4 Å². The van der Waals surface area contributed by atoms with Crippen molar-refractivity contribution in [2.24, 2.45) is 0 Å². The van der Waals surface area contributed by atoms with Crippen molar-refractivity contribution in [2.75, 3.05) is 5.32 Å². The highest BCUT2D eigenvalue weighted by atomic mass is 16.4. The van der Waals surface area contributed by atoms with Crippen LogP contribution in [0.1, 0.15) is 29.2 Å². The molecule has 2 aromatic carbocycles. The molecule has 1 N–H and O–H groups in total. The fourth-order valence-electron chi connectivity index (χ4n) is 3.61. The summed E-state index contributed by atoms with van der Waals surface area (Å²) >= 11 is 0. The largest absolute Gasteiger partial charge is 0.422 e. The first-order valence-electron chi connectivity index (χ1n) is 8.51. The van der Waals surface area contributed by atoms with Crippen LogP contribution in [-0.4, -0.2) is 20.7 Å². The molecular formula is C20H16N4O2. The third-order valence-corrected chi connectivity index (χ3v) is 4.77. The lowest BCUT2D eigenvalue weighted by Gasteiger charge is -2.23. The second kappa shape index (κ2) is 5.56. The summed E-state index contributed by atoms with van der Waals surface area (Å²) in [5, 5.41) is 7.57. The average molecular weight is 344 g/mol. The Balaban J connectivity index is 1.69. The first-order chi connectivity index (χ1) is 12.7. The van der Waals surface area contributed by atoms with Crippen LogP contribution in [-0.2, 0) is 4.79 Å². The maximum Gasteiger partial charge on any atom is 0.325 e. The number of fused-ring (bicyclic) bond motifs is 2. The standard InChI is InChI=1S/C20H16N4O2/c1-12-18-14(13-7-3-2-4-8-13)11-17(25)22-19(18)24(23-12)20-21-15-9-5-6-10-16(15)26-20/h2-10,14H,11H2,1H3,(H,22,25)/t14-/m1/s1. The van der Waals surface area contributed by atoms with Crippen molar-refractivity contribution >= 4 is 22.8 Å². The van der Waals surface area contributed by atoms with Crippen molar-refractivity contribution in [3.8, 4) is 6.01 Å². The van der Waals surface area contributed by atoms with E-state index in [4.69, 9.17) is 4.42 Å². The highest BCUT2D eigenvalue weighted by Crippen LogP contribution is 2.40. The van der Waals surface area contributed by atoms with E-state index < -0.39 is 0 Å². The number of nitrogens with one attached hydrogen (secondary N) is 1. The van der Waals surface area contributed by atoms with Crippen LogP contribution in [0.2, 0.25) is 0 Å². The van der Waals surface area contributed by atoms with Crippen molar-refractivity contribution in [1.29, 1.82) is 0 Å². The molecule has 1 atom stereocenters. The smallest absolute Gasteiger partial charge is 0.325 e. The molecule has 26 heavy (non-hydrogen) atoms. The molecule has 6 nitrogen and oxygen atoms in total. The number of carbonyl (C=O) groups excluding carboxylic acids is 1. The summed E-state index contributed by atoms with van der Waals surface area (Å²) in [6.45, 7) is 1.95. The number of anilines is 1. The number of amides is 1. The number of para-hydroxylation sites is 2. The first kappa shape index (κ1) is 14.9. The van der Waals surface area contributed by atoms with Gasteiger partial charge in [-0.3, -0.25) is 4.79 Å². The zero-order valence-corrected chi connectivity index (χ0v) is 14.1. The molecule has 0 unspecified atom stereocenters. The predicted octanol–water partition coefficient (Wildman–Crippen LogP) is 3.80. The number of aryl methyl sites for hydroxylation is 1. The van der Waals surface area contributed by atoms with Gasteiger partial charge in [0.25, 0.3) is 0 Å². The molecule has 6 heteroatoms. The second-order valence-corrected chi connectivity index (χ2v) is 6.44. The van der Waals surface area contributed by atoms with Crippen LogP contribution in [0.4, 0.5) is 5.82 Å². The topological polar surface area (TPSA) is 73.0 Å². The summed E-state index contributed by atoms with van der Waals surface area (Å²) in [7, 11) is 0. The van der Waals surface area contributed by atoms with Crippen LogP contribution in [0.3, 0.4) is 0 Å². The summed E-state index contributed by atoms with van der Waals surface area (Å²) < 4.78 is 7.44. The minimum Gasteiger partial charge on any atom is -0.422 e. The Labute approximate surface area is 149 Å². The van der Waals surface area contributed by atoms with Crippen molar-refractivity contribution in [3.63, 3.8) is 0 Å². The third-order valence-electron chi connectivity index (χ3n) is 4.77. The van der Waals surface area contributed by atoms with Crippen molar-refractivity contribution in [2.45, 2.75) is 19.3 Å². The number of hydrogen-bond donors (Lipinski definition) is 1. The summed E-state index contributed by atoms with van der Waals surface area (Å²) in [6.07, 6.45) is 0.400. The molecule has 4 aromatic rings. The van der Waals surface area contributed by atoms with Crippen LogP contribution in [0, 0.1) is 6.92 Å². The van der Waals surface area contributed by atoms with Gasteiger partial charge in [-0.2, -0.15) is 14.8 Å². The van der Waals surface area contributed by atoms with E-state index in [1.54, 1.807) is 4.68 Å². The zero-order chi connectivity index (χ0) is 17.7. The van der Waals surface area contributed by atoms with Crippen LogP contribution < -0.4 is 5.32 Å². The number of aromatic nitrogens is 3. The maximum absolute atomic E-state index is 12.4. The monoisotopic (exact) mass is 344 g/mol. The third kappa shape index (κ3) is 2.23. The molecule has 1 aliphatic rings. The van der Waals surface area contributed by atoms with Crippen LogP contribution >= 0.6 is 0 Å². The minimum atomic E-state index is -0.0383. The van der Waals surface area contributed by atoms with E-state index in [-0.39, 0.29) is 11.8 Å². The molecule has 0 fully saturated rings. The molecule has 0 saturated heterocycles. The lowest BCUT2D eigenvalue weighted by atomic mass is 9.86. The van der Waals surface area contributed by atoms with Gasteiger partial charge in [-0.1, -0.05) is 42.5 Å². The molecular weight excluding hydrogens is 328 g/mol. The van der Waals surface area contributed by atoms with Crippen molar-refractivity contribution < 1.29 is 9.21 Å². The van der Waals surface area contributed by atoms with E-state index in [1.807, 2.05) is 61.5 Å². The molecule has 0 radical (unpaired) electrons. The molecule has 1 aliphatic heterocycles. The average Bonchev–Trinajstić information content (AvgIpc) is 3.23. The first-order valence-corrected chi connectivity index (χ1v) is 8.51. The zero-order valence-electron chi connectivity index (χ0n) is 14.1. The molecule has 0 saturated carbocycles. The molecule has 0 bridgehead atoms. The molecule has 3 heterocycles. The van der Waals surface area contributed by atoms with E-state index >= 15 is 0 Å². The summed E-state index contributed by atoms with van der Waals surface area (Å²) in [5.74, 6) is 0.570. The molecule has 0 aliphatic carbocycles. The Hall–Kier alpha value is -3.41. The SMILES string of the molecule is Cc1nn(-c2nc3ccccc3o2)c2c1[C@@H](c1ccccc1)CC(=O)N2. The van der Waals surface area contributed by atoms with Gasteiger partial charge in [0.15, 0.2) is 5.58 Å². The Morgan fingerprint density at radius 2 is 1.88 bits per heavy atom. The van der Waals surface area contributed by atoms with Gasteiger partial charge in [-0.05, 0) is 24.6 Å². The van der Waals surface area contributed by atoms with Gasteiger partial charge in [0.2, 0.25) is 5.91 Å². The van der Waals surface area contributed by atoms with Crippen molar-refractivity contribution in [1.82, 2.24) is 14.8 Å². The highest BCUT2D eigenvalue weighted by molar-refractivity contribution is 5.95. The number of carbonyl (C=O) groups is 1. The van der Waals surface area contributed by atoms with Crippen LogP contribution in [0.5, 0.6) is 0 Å². The fourth-order valence-corrected chi connectivity index (χ4v) is 3.61. The number of rotatable bonds is 2. The van der Waals surface area contributed by atoms with Gasteiger partial charge in [0.05, 0.1) is 5.69 Å². The van der Waals surface area contributed by atoms with Gasteiger partial charge in [-0.15, -0.1) is 0 Å². The maximum atomic E-state index is 12.4. The van der Waals surface area contributed by atoms with Gasteiger partial charge in [0, 0.05) is 17.9 Å². The van der Waals surface area contributed by atoms with Crippen molar-refractivity contribution in [3.05, 3.63) is 71.4 Å². The van der Waals surface area contributed by atoms with E-state index in [9.17, 15) is 4.79 Å². The van der Waals surface area contributed by atoms with Crippen LogP contribution in [0.25, 0.3) is 17.1 Å². The highest BCUT2D eigenvalue weighted by Gasteiger charge is 2.33. The van der Waals surface area contributed by atoms with Crippen LogP contribution in [0.15, 0.2) is 59.0 Å². The lowest BCUT2D eigenvalue weighted by Crippen LogP contribution is -2.24. The molecule has 0 spiro atoms. The van der Waals surface area contributed by atoms with E-state index in [0.29, 0.717) is 23.8 Å². The predicted molar refractivity (Wildman–Crippen MR) is 97.4 cm³/mol. The Bertz CT molecular complexity index is 1090. The summed E-state index contributed by atoms with van der Waals surface area (Å²) in [5.41, 5.74) is 4.41. The fraction of sp³-hybridized carbons (Fsp3) is 0.150. The Morgan fingerprint density at radius 1 is 1.12 bits per heavy atom. The normalized spacial score (nSPS) is 16.5. The van der Waals surface area contributed by atoms with Gasteiger partial charge >= 0.3 is 6.01 Å². The van der Waals surface area contributed by atoms with Gasteiger partial charge in [-0.25, -0.2) is 0 Å². The molecule has 128 valence electrons. The van der Waals surface area contributed by atoms with E-state index in [1.165, 1.54) is 0 Å². The minimum absolute atomic E-state index is 0.0296. The summed E-state index contributed by atoms with van der Waals surface area (Å²) in [4.78, 5) is 16.9.